The first kappa shape index (κ1) is 10.4. The molecule has 2 rings (SSSR count). The Morgan fingerprint density at radius 2 is 2.21 bits per heavy atom. The van der Waals surface area contributed by atoms with Crippen LogP contribution in [0.4, 0.5) is 0 Å². The van der Waals surface area contributed by atoms with E-state index in [1.807, 2.05) is 0 Å². The van der Waals surface area contributed by atoms with E-state index >= 15 is 0 Å². The molecule has 3 nitrogen and oxygen atoms in total. The summed E-state index contributed by atoms with van der Waals surface area (Å²) >= 11 is 0. The number of ether oxygens (including phenoxy) is 1. The van der Waals surface area contributed by atoms with Gasteiger partial charge in [0.15, 0.2) is 0 Å². The molecular weight excluding hydrogens is 176 g/mol. The lowest BCUT2D eigenvalue weighted by Gasteiger charge is -2.36. The molecule has 3 unspecified atom stereocenters. The summed E-state index contributed by atoms with van der Waals surface area (Å²) in [7, 11) is 2.21. The van der Waals surface area contributed by atoms with E-state index in [4.69, 9.17) is 4.74 Å². The summed E-state index contributed by atoms with van der Waals surface area (Å²) in [4.78, 5) is 2.42. The highest BCUT2D eigenvalue weighted by molar-refractivity contribution is 4.85. The van der Waals surface area contributed by atoms with E-state index in [1.54, 1.807) is 0 Å². The first-order chi connectivity index (χ1) is 6.75. The van der Waals surface area contributed by atoms with Crippen molar-refractivity contribution in [3.8, 4) is 0 Å². The second kappa shape index (κ2) is 4.60. The van der Waals surface area contributed by atoms with Gasteiger partial charge in [0, 0.05) is 25.2 Å². The predicted molar refractivity (Wildman–Crippen MR) is 57.4 cm³/mol. The number of nitrogens with one attached hydrogen (secondary N) is 1. The van der Waals surface area contributed by atoms with Gasteiger partial charge in [0.2, 0.25) is 0 Å². The standard InChI is InChI=1S/C11H22N2O/c1-9-7-13(2)5-3-11(9)12-10-4-6-14-8-10/h9-12H,3-8H2,1-2H3. The highest BCUT2D eigenvalue weighted by Crippen LogP contribution is 2.17. The van der Waals surface area contributed by atoms with Crippen molar-refractivity contribution < 1.29 is 4.74 Å². The molecule has 2 fully saturated rings. The molecule has 0 saturated carbocycles. The van der Waals surface area contributed by atoms with Crippen LogP contribution < -0.4 is 5.32 Å². The van der Waals surface area contributed by atoms with Gasteiger partial charge in [0.05, 0.1) is 6.61 Å². The molecule has 0 spiro atoms. The Morgan fingerprint density at radius 3 is 2.86 bits per heavy atom. The van der Waals surface area contributed by atoms with Crippen molar-refractivity contribution in [2.24, 2.45) is 5.92 Å². The van der Waals surface area contributed by atoms with Crippen molar-refractivity contribution in [3.63, 3.8) is 0 Å². The quantitative estimate of drug-likeness (QED) is 0.707. The molecule has 0 radical (unpaired) electrons. The summed E-state index contributed by atoms with van der Waals surface area (Å²) in [6, 6.07) is 1.32. The first-order valence-electron chi connectivity index (χ1n) is 5.78. The van der Waals surface area contributed by atoms with E-state index in [1.165, 1.54) is 25.9 Å². The number of hydrogen-bond acceptors (Lipinski definition) is 3. The summed E-state index contributed by atoms with van der Waals surface area (Å²) in [6.07, 6.45) is 2.48. The van der Waals surface area contributed by atoms with Crippen LogP contribution in [-0.4, -0.2) is 50.3 Å². The van der Waals surface area contributed by atoms with Crippen LogP contribution in [0.1, 0.15) is 19.8 Å². The molecule has 82 valence electrons. The van der Waals surface area contributed by atoms with Gasteiger partial charge in [0.25, 0.3) is 0 Å². The van der Waals surface area contributed by atoms with Crippen LogP contribution in [-0.2, 0) is 4.74 Å². The number of piperidine rings is 1. The lowest BCUT2D eigenvalue weighted by Crippen LogP contribution is -2.50. The fourth-order valence-corrected chi connectivity index (χ4v) is 2.57. The molecule has 0 aliphatic carbocycles. The summed E-state index contributed by atoms with van der Waals surface area (Å²) < 4.78 is 5.38. The van der Waals surface area contributed by atoms with Gasteiger partial charge in [-0.1, -0.05) is 6.92 Å². The van der Waals surface area contributed by atoms with Crippen LogP contribution in [0.15, 0.2) is 0 Å². The minimum atomic E-state index is 0.617. The molecule has 2 aliphatic heterocycles. The second-order valence-electron chi connectivity index (χ2n) is 4.86. The molecule has 0 amide bonds. The maximum atomic E-state index is 5.38. The van der Waals surface area contributed by atoms with Crippen molar-refractivity contribution in [1.82, 2.24) is 10.2 Å². The molecule has 0 aromatic carbocycles. The largest absolute Gasteiger partial charge is 0.380 e. The van der Waals surface area contributed by atoms with Gasteiger partial charge >= 0.3 is 0 Å². The van der Waals surface area contributed by atoms with Crippen molar-refractivity contribution in [2.45, 2.75) is 31.8 Å². The van der Waals surface area contributed by atoms with Gasteiger partial charge in [-0.05, 0) is 32.4 Å². The highest BCUT2D eigenvalue weighted by atomic mass is 16.5. The molecule has 14 heavy (non-hydrogen) atoms. The first-order valence-corrected chi connectivity index (χ1v) is 5.78. The molecule has 1 N–H and O–H groups in total. The van der Waals surface area contributed by atoms with Crippen molar-refractivity contribution >= 4 is 0 Å². The third-order valence-corrected chi connectivity index (χ3v) is 3.49. The number of likely N-dealkylation sites (tertiary alicyclic amines) is 1. The van der Waals surface area contributed by atoms with Crippen LogP contribution in [0.2, 0.25) is 0 Å². The zero-order valence-electron chi connectivity index (χ0n) is 9.33. The van der Waals surface area contributed by atoms with Gasteiger partial charge in [0.1, 0.15) is 0 Å². The lowest BCUT2D eigenvalue weighted by atomic mass is 9.93. The zero-order valence-corrected chi connectivity index (χ0v) is 9.33. The van der Waals surface area contributed by atoms with Gasteiger partial charge < -0.3 is 15.0 Å². The SMILES string of the molecule is CC1CN(C)CCC1NC1CCOC1. The summed E-state index contributed by atoms with van der Waals surface area (Å²) in [5.41, 5.74) is 0. The molecule has 2 aliphatic rings. The molecule has 0 bridgehead atoms. The van der Waals surface area contributed by atoms with E-state index in [-0.39, 0.29) is 0 Å². The smallest absolute Gasteiger partial charge is 0.0620 e. The van der Waals surface area contributed by atoms with Crippen LogP contribution in [0, 0.1) is 5.92 Å². The van der Waals surface area contributed by atoms with E-state index in [0.717, 1.165) is 19.1 Å². The Balaban J connectivity index is 1.79. The van der Waals surface area contributed by atoms with E-state index in [2.05, 4.69) is 24.2 Å². The maximum Gasteiger partial charge on any atom is 0.0620 e. The highest BCUT2D eigenvalue weighted by Gasteiger charge is 2.27. The monoisotopic (exact) mass is 198 g/mol. The van der Waals surface area contributed by atoms with Crippen molar-refractivity contribution in [2.75, 3.05) is 33.4 Å². The molecule has 0 aromatic heterocycles. The average Bonchev–Trinajstić information content (AvgIpc) is 2.62. The average molecular weight is 198 g/mol. The third kappa shape index (κ3) is 2.47. The van der Waals surface area contributed by atoms with E-state index in [0.29, 0.717) is 12.1 Å². The molecule has 2 saturated heterocycles. The van der Waals surface area contributed by atoms with Gasteiger partial charge in [-0.2, -0.15) is 0 Å². The zero-order chi connectivity index (χ0) is 9.97. The second-order valence-corrected chi connectivity index (χ2v) is 4.86. The molecule has 0 aromatic rings. The Kier molecular flexibility index (Phi) is 3.42. The minimum Gasteiger partial charge on any atom is -0.380 e. The van der Waals surface area contributed by atoms with Crippen LogP contribution in [0.5, 0.6) is 0 Å². The Labute approximate surface area is 86.8 Å². The van der Waals surface area contributed by atoms with Crippen LogP contribution in [0.3, 0.4) is 0 Å². The van der Waals surface area contributed by atoms with Crippen molar-refractivity contribution in [1.29, 1.82) is 0 Å². The fraction of sp³-hybridized carbons (Fsp3) is 1.00. The van der Waals surface area contributed by atoms with Gasteiger partial charge in [-0.25, -0.2) is 0 Å². The van der Waals surface area contributed by atoms with Crippen LogP contribution in [0.25, 0.3) is 0 Å². The molecular formula is C11H22N2O. The number of rotatable bonds is 2. The molecule has 3 atom stereocenters. The normalized spacial score (nSPS) is 40.3. The van der Waals surface area contributed by atoms with Crippen molar-refractivity contribution in [3.05, 3.63) is 0 Å². The maximum absolute atomic E-state index is 5.38. The fourth-order valence-electron chi connectivity index (χ4n) is 2.57. The Hall–Kier alpha value is -0.120. The lowest BCUT2D eigenvalue weighted by molar-refractivity contribution is 0.153. The summed E-state index contributed by atoms with van der Waals surface area (Å²) in [5, 5.41) is 3.74. The minimum absolute atomic E-state index is 0.617. The molecule has 3 heteroatoms. The topological polar surface area (TPSA) is 24.5 Å². The van der Waals surface area contributed by atoms with Gasteiger partial charge in [-0.15, -0.1) is 0 Å². The summed E-state index contributed by atoms with van der Waals surface area (Å²) in [6.45, 7) is 6.67. The third-order valence-electron chi connectivity index (χ3n) is 3.49. The number of hydrogen-bond donors (Lipinski definition) is 1. The summed E-state index contributed by atoms with van der Waals surface area (Å²) in [5.74, 6) is 0.773. The Bertz CT molecular complexity index is 180. The van der Waals surface area contributed by atoms with E-state index < -0.39 is 0 Å². The van der Waals surface area contributed by atoms with Gasteiger partial charge in [-0.3, -0.25) is 0 Å². The molecule has 2 heterocycles. The van der Waals surface area contributed by atoms with E-state index in [9.17, 15) is 0 Å². The predicted octanol–water partition coefficient (Wildman–Crippen LogP) is 0.705. The Morgan fingerprint density at radius 1 is 1.36 bits per heavy atom. The van der Waals surface area contributed by atoms with Crippen LogP contribution >= 0.6 is 0 Å². The number of nitrogens with zero attached hydrogens (tertiary/aromatic N) is 1.